The maximum Gasteiger partial charge on any atom is 0.117 e. The minimum absolute atomic E-state index is 0.0520. The third-order valence-corrected chi connectivity index (χ3v) is 3.11. The van der Waals surface area contributed by atoms with Crippen LogP contribution < -0.4 is 4.90 Å². The van der Waals surface area contributed by atoms with Crippen molar-refractivity contribution in [2.24, 2.45) is 0 Å². The van der Waals surface area contributed by atoms with Gasteiger partial charge in [0, 0.05) is 11.7 Å². The summed E-state index contributed by atoms with van der Waals surface area (Å²) in [6, 6.07) is 13.2. The van der Waals surface area contributed by atoms with Crippen molar-refractivity contribution in [1.82, 2.24) is 0 Å². The molecule has 0 aromatic heterocycles. The second-order valence-electron chi connectivity index (χ2n) is 4.17. The molecule has 1 fully saturated rings. The Hall–Kier alpha value is -1.49. The van der Waals surface area contributed by atoms with Gasteiger partial charge in [0.15, 0.2) is 0 Å². The molecule has 1 heterocycles. The van der Waals surface area contributed by atoms with Gasteiger partial charge in [0.05, 0.1) is 6.07 Å². The third kappa shape index (κ3) is 1.97. The number of anilines is 1. The van der Waals surface area contributed by atoms with Crippen LogP contribution in [0.15, 0.2) is 30.3 Å². The molecule has 0 unspecified atom stereocenters. The zero-order chi connectivity index (χ0) is 10.7. The summed E-state index contributed by atoms with van der Waals surface area (Å²) in [7, 11) is 0. The molecule has 1 aliphatic rings. The van der Waals surface area contributed by atoms with Gasteiger partial charge in [-0.3, -0.25) is 0 Å². The molecule has 78 valence electrons. The largest absolute Gasteiger partial charge is 0.353 e. The van der Waals surface area contributed by atoms with Gasteiger partial charge in [-0.2, -0.15) is 5.26 Å². The van der Waals surface area contributed by atoms with E-state index in [-0.39, 0.29) is 6.04 Å². The van der Waals surface area contributed by atoms with Crippen LogP contribution >= 0.6 is 0 Å². The van der Waals surface area contributed by atoms with E-state index in [1.54, 1.807) is 0 Å². The van der Waals surface area contributed by atoms with Crippen molar-refractivity contribution in [2.75, 3.05) is 4.90 Å². The first kappa shape index (κ1) is 10.0. The Morgan fingerprint density at radius 3 is 2.67 bits per heavy atom. The molecule has 1 aromatic rings. The van der Waals surface area contributed by atoms with E-state index in [0.29, 0.717) is 6.04 Å². The Morgan fingerprint density at radius 2 is 2.00 bits per heavy atom. The maximum atomic E-state index is 9.15. The second-order valence-corrected chi connectivity index (χ2v) is 4.17. The van der Waals surface area contributed by atoms with E-state index >= 15 is 0 Å². The predicted molar refractivity (Wildman–Crippen MR) is 61.6 cm³/mol. The van der Waals surface area contributed by atoms with Gasteiger partial charge in [0.2, 0.25) is 0 Å². The van der Waals surface area contributed by atoms with Crippen molar-refractivity contribution < 1.29 is 0 Å². The van der Waals surface area contributed by atoms with Gasteiger partial charge in [0.1, 0.15) is 6.04 Å². The molecule has 1 aliphatic heterocycles. The zero-order valence-electron chi connectivity index (χ0n) is 9.06. The highest BCUT2D eigenvalue weighted by molar-refractivity contribution is 5.50. The summed E-state index contributed by atoms with van der Waals surface area (Å²) >= 11 is 0. The third-order valence-electron chi connectivity index (χ3n) is 3.11. The monoisotopic (exact) mass is 200 g/mol. The highest BCUT2D eigenvalue weighted by Gasteiger charge is 2.27. The number of rotatable bonds is 1. The number of hydrogen-bond donors (Lipinski definition) is 0. The summed E-state index contributed by atoms with van der Waals surface area (Å²) in [6.07, 6.45) is 3.35. The molecule has 0 saturated carbocycles. The molecule has 0 amide bonds. The summed E-state index contributed by atoms with van der Waals surface area (Å²) in [4.78, 5) is 2.25. The quantitative estimate of drug-likeness (QED) is 0.697. The van der Waals surface area contributed by atoms with Crippen molar-refractivity contribution in [3.05, 3.63) is 30.3 Å². The van der Waals surface area contributed by atoms with E-state index < -0.39 is 0 Å². The van der Waals surface area contributed by atoms with E-state index in [9.17, 15) is 0 Å². The fourth-order valence-corrected chi connectivity index (χ4v) is 2.35. The molecule has 2 rings (SSSR count). The first-order valence-electron chi connectivity index (χ1n) is 5.56. The fraction of sp³-hybridized carbons (Fsp3) is 0.462. The number of hydrogen-bond acceptors (Lipinski definition) is 2. The van der Waals surface area contributed by atoms with E-state index in [0.717, 1.165) is 6.42 Å². The van der Waals surface area contributed by atoms with Crippen LogP contribution in [0.5, 0.6) is 0 Å². The van der Waals surface area contributed by atoms with Crippen LogP contribution in [-0.2, 0) is 0 Å². The topological polar surface area (TPSA) is 27.0 Å². The van der Waals surface area contributed by atoms with E-state index in [4.69, 9.17) is 5.26 Å². The average Bonchev–Trinajstić information content (AvgIpc) is 2.29. The minimum Gasteiger partial charge on any atom is -0.353 e. The Labute approximate surface area is 91.1 Å². The molecule has 1 saturated heterocycles. The molecule has 2 heteroatoms. The second kappa shape index (κ2) is 4.35. The van der Waals surface area contributed by atoms with Crippen molar-refractivity contribution in [3.8, 4) is 6.07 Å². The van der Waals surface area contributed by atoms with Crippen LogP contribution in [0.1, 0.15) is 26.2 Å². The normalized spacial score (nSPS) is 26.0. The van der Waals surface area contributed by atoms with Gasteiger partial charge in [-0.05, 0) is 38.3 Å². The summed E-state index contributed by atoms with van der Waals surface area (Å²) in [6.45, 7) is 2.20. The van der Waals surface area contributed by atoms with E-state index in [2.05, 4.69) is 30.0 Å². The molecule has 0 radical (unpaired) electrons. The number of nitrogens with zero attached hydrogens (tertiary/aromatic N) is 2. The molecule has 0 N–H and O–H groups in total. The van der Waals surface area contributed by atoms with Crippen LogP contribution in [0.25, 0.3) is 0 Å². The van der Waals surface area contributed by atoms with Crippen LogP contribution in [0, 0.1) is 11.3 Å². The van der Waals surface area contributed by atoms with Gasteiger partial charge in [-0.1, -0.05) is 18.2 Å². The maximum absolute atomic E-state index is 9.15. The Balaban J connectivity index is 2.28. The molecule has 0 bridgehead atoms. The zero-order valence-corrected chi connectivity index (χ0v) is 9.06. The van der Waals surface area contributed by atoms with Crippen molar-refractivity contribution in [2.45, 2.75) is 38.3 Å². The number of piperidine rings is 1. The van der Waals surface area contributed by atoms with Crippen molar-refractivity contribution in [1.29, 1.82) is 5.26 Å². The van der Waals surface area contributed by atoms with Gasteiger partial charge < -0.3 is 4.90 Å². The Morgan fingerprint density at radius 1 is 1.27 bits per heavy atom. The SMILES string of the molecule is C[C@H]1CCC[C@H](C#N)N1c1ccccc1. The number of para-hydroxylation sites is 1. The Kier molecular flexibility index (Phi) is 2.91. The predicted octanol–water partition coefficient (Wildman–Crippen LogP) is 2.96. The lowest BCUT2D eigenvalue weighted by Crippen LogP contribution is -2.44. The fourth-order valence-electron chi connectivity index (χ4n) is 2.35. The summed E-state index contributed by atoms with van der Waals surface area (Å²) < 4.78 is 0. The average molecular weight is 200 g/mol. The first-order valence-corrected chi connectivity index (χ1v) is 5.56. The lowest BCUT2D eigenvalue weighted by atomic mass is 9.96. The minimum atomic E-state index is 0.0520. The standard InChI is InChI=1S/C13H16N2/c1-11-6-5-9-13(10-14)15(11)12-7-3-2-4-8-12/h2-4,7-8,11,13H,5-6,9H2,1H3/t11-,13+/m0/s1. The molecular weight excluding hydrogens is 184 g/mol. The van der Waals surface area contributed by atoms with E-state index in [1.807, 2.05) is 18.2 Å². The lowest BCUT2D eigenvalue weighted by Gasteiger charge is -2.39. The van der Waals surface area contributed by atoms with Crippen molar-refractivity contribution >= 4 is 5.69 Å². The summed E-state index contributed by atoms with van der Waals surface area (Å²) in [5, 5.41) is 9.15. The molecule has 0 aliphatic carbocycles. The number of nitriles is 1. The molecule has 2 nitrogen and oxygen atoms in total. The highest BCUT2D eigenvalue weighted by atomic mass is 15.2. The van der Waals surface area contributed by atoms with Gasteiger partial charge in [0.25, 0.3) is 0 Å². The van der Waals surface area contributed by atoms with Gasteiger partial charge in [-0.15, -0.1) is 0 Å². The van der Waals surface area contributed by atoms with Crippen LogP contribution in [0.4, 0.5) is 5.69 Å². The van der Waals surface area contributed by atoms with Gasteiger partial charge >= 0.3 is 0 Å². The van der Waals surface area contributed by atoms with Crippen LogP contribution in [0.2, 0.25) is 0 Å². The highest BCUT2D eigenvalue weighted by Crippen LogP contribution is 2.28. The molecule has 2 atom stereocenters. The molecular formula is C13H16N2. The van der Waals surface area contributed by atoms with Crippen LogP contribution in [-0.4, -0.2) is 12.1 Å². The van der Waals surface area contributed by atoms with Crippen molar-refractivity contribution in [3.63, 3.8) is 0 Å². The molecule has 0 spiro atoms. The first-order chi connectivity index (χ1) is 7.33. The summed E-state index contributed by atoms with van der Waals surface area (Å²) in [5.74, 6) is 0. The lowest BCUT2D eigenvalue weighted by molar-refractivity contribution is 0.441. The number of benzene rings is 1. The molecule has 1 aromatic carbocycles. The van der Waals surface area contributed by atoms with Crippen LogP contribution in [0.3, 0.4) is 0 Å². The van der Waals surface area contributed by atoms with E-state index in [1.165, 1.54) is 18.5 Å². The smallest absolute Gasteiger partial charge is 0.117 e. The van der Waals surface area contributed by atoms with Gasteiger partial charge in [-0.25, -0.2) is 0 Å². The summed E-state index contributed by atoms with van der Waals surface area (Å²) in [5.41, 5.74) is 1.18. The Bertz CT molecular complexity index is 353. The molecule has 15 heavy (non-hydrogen) atoms.